The zero-order chi connectivity index (χ0) is 12.3. The molecule has 0 unspecified atom stereocenters. The molecule has 6 heteroatoms. The Balaban J connectivity index is 2.16. The molecule has 0 fully saturated rings. The molecule has 2 rings (SSSR count). The maximum absolute atomic E-state index is 13.6. The minimum Gasteiger partial charge on any atom is -0.482 e. The Morgan fingerprint density at radius 2 is 2.29 bits per heavy atom. The lowest BCUT2D eigenvalue weighted by Crippen LogP contribution is -2.06. The smallest absolute Gasteiger partial charge is 0.165 e. The van der Waals surface area contributed by atoms with E-state index in [9.17, 15) is 4.39 Å². The highest BCUT2D eigenvalue weighted by Gasteiger charge is 2.10. The van der Waals surface area contributed by atoms with Gasteiger partial charge in [0.25, 0.3) is 0 Å². The average molecular weight is 300 g/mol. The first-order valence-electron chi connectivity index (χ1n) is 5.01. The largest absolute Gasteiger partial charge is 0.482 e. The highest BCUT2D eigenvalue weighted by Crippen LogP contribution is 2.25. The molecule has 0 N–H and O–H groups in total. The van der Waals surface area contributed by atoms with Crippen LogP contribution in [0.1, 0.15) is 11.4 Å². The van der Waals surface area contributed by atoms with Crippen LogP contribution in [0.15, 0.2) is 24.5 Å². The van der Waals surface area contributed by atoms with E-state index in [4.69, 9.17) is 4.74 Å². The number of rotatable bonds is 4. The zero-order valence-corrected chi connectivity index (χ0v) is 10.8. The van der Waals surface area contributed by atoms with Gasteiger partial charge in [0.15, 0.2) is 17.4 Å². The lowest BCUT2D eigenvalue weighted by Gasteiger charge is -2.10. The standard InChI is InChI=1S/C11H11BrFN3O/c1-16-10(14-7-15-16)6-17-11-8(5-12)3-2-4-9(11)13/h2-4,7H,5-6H2,1H3. The van der Waals surface area contributed by atoms with Crippen LogP contribution in [0, 0.1) is 5.82 Å². The monoisotopic (exact) mass is 299 g/mol. The molecule has 0 amide bonds. The quantitative estimate of drug-likeness (QED) is 0.814. The Hall–Kier alpha value is -1.43. The second-order valence-corrected chi connectivity index (χ2v) is 4.01. The minimum atomic E-state index is -0.371. The van der Waals surface area contributed by atoms with Crippen molar-refractivity contribution in [3.05, 3.63) is 41.7 Å². The molecular formula is C11H11BrFN3O. The van der Waals surface area contributed by atoms with Gasteiger partial charge in [0.1, 0.15) is 12.9 Å². The average Bonchev–Trinajstić information content (AvgIpc) is 2.73. The fourth-order valence-corrected chi connectivity index (χ4v) is 1.85. The maximum Gasteiger partial charge on any atom is 0.165 e. The summed E-state index contributed by atoms with van der Waals surface area (Å²) in [6, 6.07) is 4.84. The van der Waals surface area contributed by atoms with Crippen LogP contribution in [0.3, 0.4) is 0 Å². The third-order valence-corrected chi connectivity index (χ3v) is 2.95. The lowest BCUT2D eigenvalue weighted by molar-refractivity contribution is 0.273. The zero-order valence-electron chi connectivity index (χ0n) is 9.23. The van der Waals surface area contributed by atoms with Crippen molar-refractivity contribution in [2.75, 3.05) is 0 Å². The van der Waals surface area contributed by atoms with Crippen molar-refractivity contribution in [1.82, 2.24) is 14.8 Å². The van der Waals surface area contributed by atoms with Gasteiger partial charge in [-0.25, -0.2) is 9.37 Å². The Labute approximate surface area is 107 Å². The van der Waals surface area contributed by atoms with Crippen LogP contribution in [0.5, 0.6) is 5.75 Å². The molecule has 0 spiro atoms. The summed E-state index contributed by atoms with van der Waals surface area (Å²) in [5.74, 6) is 0.533. The van der Waals surface area contributed by atoms with Gasteiger partial charge in [-0.2, -0.15) is 5.10 Å². The lowest BCUT2D eigenvalue weighted by atomic mass is 10.2. The minimum absolute atomic E-state index is 0.192. The van der Waals surface area contributed by atoms with E-state index >= 15 is 0 Å². The van der Waals surface area contributed by atoms with Crippen LogP contribution in [0.25, 0.3) is 0 Å². The first kappa shape index (κ1) is 12.0. The van der Waals surface area contributed by atoms with E-state index < -0.39 is 0 Å². The van der Waals surface area contributed by atoms with Gasteiger partial charge in [-0.1, -0.05) is 28.1 Å². The van der Waals surface area contributed by atoms with Crippen LogP contribution >= 0.6 is 15.9 Å². The molecule has 4 nitrogen and oxygen atoms in total. The molecule has 0 saturated heterocycles. The van der Waals surface area contributed by atoms with Crippen LogP contribution < -0.4 is 4.74 Å². The summed E-state index contributed by atoms with van der Waals surface area (Å²) < 4.78 is 20.6. The summed E-state index contributed by atoms with van der Waals surface area (Å²) in [7, 11) is 1.76. The summed E-state index contributed by atoms with van der Waals surface area (Å²) in [5.41, 5.74) is 0.771. The number of aryl methyl sites for hydroxylation is 1. The van der Waals surface area contributed by atoms with Crippen LogP contribution in [0.4, 0.5) is 4.39 Å². The Morgan fingerprint density at radius 1 is 1.47 bits per heavy atom. The molecule has 90 valence electrons. The predicted octanol–water partition coefficient (Wildman–Crippen LogP) is 2.43. The van der Waals surface area contributed by atoms with Gasteiger partial charge in [0, 0.05) is 17.9 Å². The first-order chi connectivity index (χ1) is 8.22. The molecule has 0 bridgehead atoms. The summed E-state index contributed by atoms with van der Waals surface area (Å²) in [5, 5.41) is 4.46. The number of para-hydroxylation sites is 1. The number of aromatic nitrogens is 3. The van der Waals surface area contributed by atoms with E-state index in [1.165, 1.54) is 12.4 Å². The molecule has 17 heavy (non-hydrogen) atoms. The van der Waals surface area contributed by atoms with E-state index in [1.807, 2.05) is 6.07 Å². The van der Waals surface area contributed by atoms with Crippen LogP contribution in [-0.4, -0.2) is 14.8 Å². The molecular weight excluding hydrogens is 289 g/mol. The number of alkyl halides is 1. The van der Waals surface area contributed by atoms with Gasteiger partial charge < -0.3 is 4.74 Å². The Morgan fingerprint density at radius 3 is 2.94 bits per heavy atom. The molecule has 0 saturated carbocycles. The van der Waals surface area contributed by atoms with Gasteiger partial charge in [0.2, 0.25) is 0 Å². The number of hydrogen-bond donors (Lipinski definition) is 0. The molecule has 0 atom stereocenters. The SMILES string of the molecule is Cn1ncnc1COc1c(F)cccc1CBr. The fourth-order valence-electron chi connectivity index (χ4n) is 1.41. The van der Waals surface area contributed by atoms with Crippen LogP contribution in [-0.2, 0) is 19.0 Å². The molecule has 0 aliphatic heterocycles. The van der Waals surface area contributed by atoms with Crippen molar-refractivity contribution >= 4 is 15.9 Å². The number of ether oxygens (including phenoxy) is 1. The second-order valence-electron chi connectivity index (χ2n) is 3.45. The number of hydrogen-bond acceptors (Lipinski definition) is 3. The summed E-state index contributed by atoms with van der Waals surface area (Å²) in [6.45, 7) is 0.192. The first-order valence-corrected chi connectivity index (χ1v) is 6.13. The van der Waals surface area contributed by atoms with Gasteiger partial charge in [-0.05, 0) is 6.07 Å². The van der Waals surface area contributed by atoms with Crippen molar-refractivity contribution in [2.24, 2.45) is 7.05 Å². The van der Waals surface area contributed by atoms with Gasteiger partial charge in [-0.3, -0.25) is 4.68 Å². The molecule has 1 heterocycles. The molecule has 0 radical (unpaired) electrons. The third kappa shape index (κ3) is 2.63. The Bertz CT molecular complexity index is 515. The van der Waals surface area contributed by atoms with E-state index in [1.54, 1.807) is 17.8 Å². The fraction of sp³-hybridized carbons (Fsp3) is 0.273. The van der Waals surface area contributed by atoms with Crippen molar-refractivity contribution in [2.45, 2.75) is 11.9 Å². The molecule has 1 aromatic heterocycles. The maximum atomic E-state index is 13.6. The van der Waals surface area contributed by atoms with E-state index in [2.05, 4.69) is 26.0 Å². The van der Waals surface area contributed by atoms with Gasteiger partial charge in [0.05, 0.1) is 0 Å². The third-order valence-electron chi connectivity index (χ3n) is 2.34. The second kappa shape index (κ2) is 5.27. The number of benzene rings is 1. The molecule has 0 aliphatic rings. The normalized spacial score (nSPS) is 10.5. The summed E-state index contributed by atoms with van der Waals surface area (Å²) >= 11 is 3.30. The highest BCUT2D eigenvalue weighted by atomic mass is 79.9. The highest BCUT2D eigenvalue weighted by molar-refractivity contribution is 9.08. The van der Waals surface area contributed by atoms with E-state index in [-0.39, 0.29) is 18.2 Å². The summed E-state index contributed by atoms with van der Waals surface area (Å²) in [4.78, 5) is 4.01. The predicted molar refractivity (Wildman–Crippen MR) is 64.4 cm³/mol. The van der Waals surface area contributed by atoms with Crippen molar-refractivity contribution in [3.63, 3.8) is 0 Å². The van der Waals surface area contributed by atoms with E-state index in [0.717, 1.165) is 5.56 Å². The number of nitrogens with zero attached hydrogens (tertiary/aromatic N) is 3. The Kier molecular flexibility index (Phi) is 3.73. The van der Waals surface area contributed by atoms with Crippen molar-refractivity contribution < 1.29 is 9.13 Å². The van der Waals surface area contributed by atoms with Crippen LogP contribution in [0.2, 0.25) is 0 Å². The molecule has 1 aromatic carbocycles. The molecule has 0 aliphatic carbocycles. The van der Waals surface area contributed by atoms with E-state index in [0.29, 0.717) is 11.2 Å². The van der Waals surface area contributed by atoms with Gasteiger partial charge >= 0.3 is 0 Å². The topological polar surface area (TPSA) is 39.9 Å². The number of halogens is 2. The van der Waals surface area contributed by atoms with Gasteiger partial charge in [-0.15, -0.1) is 0 Å². The summed E-state index contributed by atoms with van der Waals surface area (Å²) in [6.07, 6.45) is 1.44. The van der Waals surface area contributed by atoms with Crippen molar-refractivity contribution in [3.8, 4) is 5.75 Å². The molecule has 2 aromatic rings. The van der Waals surface area contributed by atoms with Crippen molar-refractivity contribution in [1.29, 1.82) is 0 Å².